The van der Waals surface area contributed by atoms with Gasteiger partial charge in [-0.05, 0) is 99.2 Å². The zero-order chi connectivity index (χ0) is 25.2. The summed E-state index contributed by atoms with van der Waals surface area (Å²) in [5, 5.41) is 21.7. The Hall–Kier alpha value is -0.640. The molecule has 0 aromatic heterocycles. The average Bonchev–Trinajstić information content (AvgIpc) is 3.16. The molecule has 34 heavy (non-hydrogen) atoms. The van der Waals surface area contributed by atoms with Gasteiger partial charge in [0.05, 0.1) is 24.4 Å². The monoisotopic (exact) mass is 472 g/mol. The van der Waals surface area contributed by atoms with Crippen molar-refractivity contribution in [2.45, 2.75) is 125 Å². The molecule has 4 aliphatic rings. The van der Waals surface area contributed by atoms with E-state index in [0.29, 0.717) is 17.8 Å². The van der Waals surface area contributed by atoms with Gasteiger partial charge in [0, 0.05) is 5.41 Å². The highest BCUT2D eigenvalue weighted by Crippen LogP contribution is 2.67. The quantitative estimate of drug-likeness (QED) is 0.430. The van der Waals surface area contributed by atoms with Gasteiger partial charge in [0.15, 0.2) is 0 Å². The minimum atomic E-state index is -0.358. The van der Waals surface area contributed by atoms with Crippen LogP contribution in [-0.2, 0) is 4.74 Å². The van der Waals surface area contributed by atoms with Crippen LogP contribution in [0, 0.1) is 39.4 Å². The first kappa shape index (κ1) is 26.4. The van der Waals surface area contributed by atoms with Gasteiger partial charge in [-0.15, -0.1) is 0 Å². The van der Waals surface area contributed by atoms with Crippen LogP contribution < -0.4 is 0 Å². The first-order chi connectivity index (χ1) is 15.7. The minimum Gasteiger partial charge on any atom is -0.392 e. The fourth-order valence-electron chi connectivity index (χ4n) is 9.07. The van der Waals surface area contributed by atoms with E-state index in [1.54, 1.807) is 0 Å². The van der Waals surface area contributed by atoms with E-state index in [4.69, 9.17) is 4.74 Å². The average molecular weight is 473 g/mol. The van der Waals surface area contributed by atoms with Crippen LogP contribution in [0.3, 0.4) is 0 Å². The summed E-state index contributed by atoms with van der Waals surface area (Å²) in [5.74, 6) is 1.59. The first-order valence-corrected chi connectivity index (χ1v) is 14.0. The van der Waals surface area contributed by atoms with Gasteiger partial charge in [0.2, 0.25) is 0 Å². The highest BCUT2D eigenvalue weighted by atomic mass is 16.5. The molecule has 0 aromatic carbocycles. The van der Waals surface area contributed by atoms with Gasteiger partial charge in [-0.1, -0.05) is 65.3 Å². The van der Waals surface area contributed by atoms with Crippen molar-refractivity contribution in [2.75, 3.05) is 6.61 Å². The number of hydrogen-bond donors (Lipinski definition) is 2. The molecule has 194 valence electrons. The topological polar surface area (TPSA) is 49.7 Å². The van der Waals surface area contributed by atoms with E-state index < -0.39 is 0 Å². The third-order valence-electron chi connectivity index (χ3n) is 11.7. The number of allylic oxidation sites excluding steroid dienone is 2. The van der Waals surface area contributed by atoms with E-state index in [9.17, 15) is 10.2 Å². The molecule has 2 saturated carbocycles. The number of aliphatic hydroxyl groups is 2. The van der Waals surface area contributed by atoms with Crippen molar-refractivity contribution in [3.05, 3.63) is 23.8 Å². The molecule has 0 amide bonds. The van der Waals surface area contributed by atoms with E-state index in [1.807, 2.05) is 6.08 Å². The van der Waals surface area contributed by atoms with Crippen molar-refractivity contribution in [3.8, 4) is 0 Å². The Morgan fingerprint density at radius 2 is 1.76 bits per heavy atom. The van der Waals surface area contributed by atoms with Crippen molar-refractivity contribution in [3.63, 3.8) is 0 Å². The summed E-state index contributed by atoms with van der Waals surface area (Å²) >= 11 is 0. The Labute approximate surface area is 209 Å². The standard InChI is InChI=1S/C31H52O3/c1-21(2)18-23(32)19-22(3)24-12-15-29(7)13-9-14-31-25(10-11-26(33)27(31,4)5)28(6,20-34-31)16-17-30(24,29)8/h9,14,18,22-26,32-33H,10-13,15-17,19-20H2,1-8H3/b14-9-/t22-,23?,24-,25?,26+,28+,29-,30-,31-/m1/s1. The van der Waals surface area contributed by atoms with Crippen molar-refractivity contribution in [1.82, 2.24) is 0 Å². The Morgan fingerprint density at radius 3 is 2.44 bits per heavy atom. The molecule has 3 aliphatic carbocycles. The Bertz CT molecular complexity index is 825. The zero-order valence-corrected chi connectivity index (χ0v) is 23.3. The van der Waals surface area contributed by atoms with Crippen LogP contribution in [0.1, 0.15) is 107 Å². The molecule has 3 nitrogen and oxygen atoms in total. The van der Waals surface area contributed by atoms with Crippen LogP contribution in [0.25, 0.3) is 0 Å². The van der Waals surface area contributed by atoms with E-state index in [-0.39, 0.29) is 39.5 Å². The molecule has 1 saturated heterocycles. The van der Waals surface area contributed by atoms with Crippen molar-refractivity contribution >= 4 is 0 Å². The molecule has 3 heteroatoms. The van der Waals surface area contributed by atoms with Crippen LogP contribution in [0.2, 0.25) is 0 Å². The number of rotatable bonds is 4. The van der Waals surface area contributed by atoms with Crippen LogP contribution in [0.4, 0.5) is 0 Å². The minimum absolute atomic E-state index is 0.140. The molecule has 1 heterocycles. The SMILES string of the molecule is CC(C)=CC(O)C[C@@H](C)[C@H]1CC[C@@]2(C)C/C=C\[C@@]34OC[C@](C)(CC[C@]12C)C3CC[C@H](O)C4(C)C. The van der Waals surface area contributed by atoms with Gasteiger partial charge >= 0.3 is 0 Å². The number of aliphatic hydroxyl groups excluding tert-OH is 2. The van der Waals surface area contributed by atoms with Crippen LogP contribution in [-0.4, -0.2) is 34.6 Å². The molecule has 0 aromatic rings. The third kappa shape index (κ3) is 3.88. The van der Waals surface area contributed by atoms with Gasteiger partial charge in [-0.2, -0.15) is 0 Å². The van der Waals surface area contributed by atoms with Crippen LogP contribution in [0.5, 0.6) is 0 Å². The van der Waals surface area contributed by atoms with E-state index in [1.165, 1.54) is 31.3 Å². The molecular weight excluding hydrogens is 420 g/mol. The largest absolute Gasteiger partial charge is 0.392 e. The molecule has 0 radical (unpaired) electrons. The van der Waals surface area contributed by atoms with Crippen LogP contribution in [0.15, 0.2) is 23.8 Å². The fourth-order valence-corrected chi connectivity index (χ4v) is 9.07. The summed E-state index contributed by atoms with van der Waals surface area (Å²) in [6, 6.07) is 0. The summed E-state index contributed by atoms with van der Waals surface area (Å²) in [4.78, 5) is 0. The second kappa shape index (κ2) is 8.73. The molecule has 2 N–H and O–H groups in total. The molecule has 1 aliphatic heterocycles. The molecule has 2 bridgehead atoms. The van der Waals surface area contributed by atoms with Gasteiger partial charge < -0.3 is 14.9 Å². The summed E-state index contributed by atoms with van der Waals surface area (Å²) in [6.45, 7) is 19.3. The lowest BCUT2D eigenvalue weighted by Gasteiger charge is -2.55. The van der Waals surface area contributed by atoms with Crippen molar-refractivity contribution < 1.29 is 14.9 Å². The van der Waals surface area contributed by atoms with E-state index in [0.717, 1.165) is 32.3 Å². The fraction of sp³-hybridized carbons (Fsp3) is 0.871. The lowest BCUT2D eigenvalue weighted by atomic mass is 9.51. The van der Waals surface area contributed by atoms with E-state index >= 15 is 0 Å². The first-order valence-electron chi connectivity index (χ1n) is 14.0. The number of fused-ring (bicyclic) bond motifs is 1. The van der Waals surface area contributed by atoms with Gasteiger partial charge in [-0.25, -0.2) is 0 Å². The number of hydrogen-bond acceptors (Lipinski definition) is 3. The van der Waals surface area contributed by atoms with Crippen molar-refractivity contribution in [1.29, 1.82) is 0 Å². The maximum absolute atomic E-state index is 11.0. The summed E-state index contributed by atoms with van der Waals surface area (Å²) in [7, 11) is 0. The summed E-state index contributed by atoms with van der Waals surface area (Å²) in [6.07, 6.45) is 15.0. The van der Waals surface area contributed by atoms with Gasteiger partial charge in [0.1, 0.15) is 0 Å². The van der Waals surface area contributed by atoms with Crippen molar-refractivity contribution in [2.24, 2.45) is 39.4 Å². The summed E-state index contributed by atoms with van der Waals surface area (Å²) in [5.41, 5.74) is 1.20. The zero-order valence-electron chi connectivity index (χ0n) is 23.3. The maximum atomic E-state index is 11.0. The predicted molar refractivity (Wildman–Crippen MR) is 140 cm³/mol. The van der Waals surface area contributed by atoms with Gasteiger partial charge in [-0.3, -0.25) is 0 Å². The second-order valence-corrected chi connectivity index (χ2v) is 14.4. The van der Waals surface area contributed by atoms with E-state index in [2.05, 4.69) is 67.5 Å². The maximum Gasteiger partial charge on any atom is 0.0972 e. The lowest BCUT2D eigenvalue weighted by Crippen LogP contribution is -2.59. The molecule has 4 rings (SSSR count). The molecule has 9 atom stereocenters. The molecule has 0 spiro atoms. The number of ether oxygens (including phenoxy) is 1. The Kier molecular flexibility index (Phi) is 6.79. The molecule has 3 fully saturated rings. The lowest BCUT2D eigenvalue weighted by molar-refractivity contribution is -0.153. The smallest absolute Gasteiger partial charge is 0.0972 e. The molecule has 2 unspecified atom stereocenters. The second-order valence-electron chi connectivity index (χ2n) is 14.4. The highest BCUT2D eigenvalue weighted by molar-refractivity contribution is 5.24. The predicted octanol–water partition coefficient (Wildman–Crippen LogP) is 7.07. The molecular formula is C31H52O3. The summed E-state index contributed by atoms with van der Waals surface area (Å²) < 4.78 is 6.79. The van der Waals surface area contributed by atoms with Crippen LogP contribution >= 0.6 is 0 Å². The third-order valence-corrected chi connectivity index (χ3v) is 11.7. The normalized spacial score (nSPS) is 48.4. The Morgan fingerprint density at radius 1 is 1.06 bits per heavy atom. The highest BCUT2D eigenvalue weighted by Gasteiger charge is 2.66. The Balaban J connectivity index is 1.67. The van der Waals surface area contributed by atoms with Gasteiger partial charge in [0.25, 0.3) is 0 Å².